The third kappa shape index (κ3) is 2.39. The van der Waals surface area contributed by atoms with Gasteiger partial charge in [0.2, 0.25) is 0 Å². The zero-order valence-corrected chi connectivity index (χ0v) is 10.8. The largest absolute Gasteiger partial charge is 0.455 e. The van der Waals surface area contributed by atoms with Gasteiger partial charge in [0.1, 0.15) is 5.60 Å². The van der Waals surface area contributed by atoms with Gasteiger partial charge in [-0.05, 0) is 25.2 Å². The first-order valence-corrected chi connectivity index (χ1v) is 6.57. The van der Waals surface area contributed by atoms with E-state index in [1.54, 1.807) is 0 Å². The summed E-state index contributed by atoms with van der Waals surface area (Å²) in [4.78, 5) is 11.6. The second kappa shape index (κ2) is 4.81. The van der Waals surface area contributed by atoms with Crippen molar-refractivity contribution < 1.29 is 14.3 Å². The molecule has 0 aromatic rings. The van der Waals surface area contributed by atoms with E-state index in [2.05, 4.69) is 20.4 Å². The molecule has 96 valence electrons. The summed E-state index contributed by atoms with van der Waals surface area (Å²) < 4.78 is 11.2. The van der Waals surface area contributed by atoms with Gasteiger partial charge in [0, 0.05) is 12.0 Å². The Morgan fingerprint density at radius 3 is 2.76 bits per heavy atom. The Kier molecular flexibility index (Phi) is 3.57. The summed E-state index contributed by atoms with van der Waals surface area (Å²) >= 11 is 0. The van der Waals surface area contributed by atoms with Gasteiger partial charge in [-0.2, -0.15) is 0 Å². The minimum atomic E-state index is -0.343. The van der Waals surface area contributed by atoms with Gasteiger partial charge in [0.15, 0.2) is 0 Å². The molecule has 0 aromatic carbocycles. The number of rotatable bonds is 4. The lowest BCUT2D eigenvalue weighted by Crippen LogP contribution is -2.51. The molecule has 0 spiro atoms. The second-order valence-corrected chi connectivity index (χ2v) is 5.46. The summed E-state index contributed by atoms with van der Waals surface area (Å²) in [6.45, 7) is 8.59. The van der Waals surface area contributed by atoms with Gasteiger partial charge in [0.05, 0.1) is 12.7 Å². The van der Waals surface area contributed by atoms with Crippen molar-refractivity contribution in [2.24, 2.45) is 11.8 Å². The monoisotopic (exact) mass is 238 g/mol. The molecule has 1 heterocycles. The molecule has 2 fully saturated rings. The molecule has 0 aromatic heterocycles. The topological polar surface area (TPSA) is 38.8 Å². The number of ether oxygens (including phenoxy) is 2. The maximum atomic E-state index is 11.6. The van der Waals surface area contributed by atoms with E-state index in [0.717, 1.165) is 25.9 Å². The van der Waals surface area contributed by atoms with Crippen molar-refractivity contribution in [3.8, 4) is 0 Å². The molecule has 3 atom stereocenters. The van der Waals surface area contributed by atoms with Crippen LogP contribution in [0.2, 0.25) is 0 Å². The third-order valence-corrected chi connectivity index (χ3v) is 4.20. The molecule has 2 aliphatic rings. The highest BCUT2D eigenvalue weighted by Gasteiger charge is 2.53. The van der Waals surface area contributed by atoms with Crippen molar-refractivity contribution in [3.05, 3.63) is 12.7 Å². The van der Waals surface area contributed by atoms with E-state index < -0.39 is 0 Å². The van der Waals surface area contributed by atoms with Crippen LogP contribution in [0.25, 0.3) is 0 Å². The molecule has 1 saturated heterocycles. The third-order valence-electron chi connectivity index (χ3n) is 4.20. The normalized spacial score (nSPS) is 36.6. The Morgan fingerprint density at radius 1 is 1.53 bits per heavy atom. The van der Waals surface area contributed by atoms with E-state index in [-0.39, 0.29) is 11.6 Å². The summed E-state index contributed by atoms with van der Waals surface area (Å²) in [5.41, 5.74) is -0.343. The zero-order chi connectivity index (χ0) is 12.5. The van der Waals surface area contributed by atoms with Crippen molar-refractivity contribution in [2.45, 2.75) is 51.2 Å². The Labute approximate surface area is 103 Å². The lowest BCUT2D eigenvalue weighted by molar-refractivity contribution is -0.175. The number of hydrogen-bond acceptors (Lipinski definition) is 3. The fourth-order valence-electron chi connectivity index (χ4n) is 3.17. The van der Waals surface area contributed by atoms with E-state index in [0.29, 0.717) is 17.9 Å². The van der Waals surface area contributed by atoms with Crippen molar-refractivity contribution in [1.82, 2.24) is 0 Å². The average molecular weight is 238 g/mol. The fraction of sp³-hybridized carbons (Fsp3) is 0.786. The number of carbonyl (C=O) groups is 1. The predicted molar refractivity (Wildman–Crippen MR) is 65.6 cm³/mol. The highest BCUT2D eigenvalue weighted by atomic mass is 16.6. The van der Waals surface area contributed by atoms with E-state index in [4.69, 9.17) is 9.47 Å². The SMILES string of the molecule is C=CC(=O)OC1(C(C)C)CCCCC1C1CO1. The van der Waals surface area contributed by atoms with Gasteiger partial charge in [-0.3, -0.25) is 0 Å². The van der Waals surface area contributed by atoms with Gasteiger partial charge in [0.25, 0.3) is 0 Å². The van der Waals surface area contributed by atoms with Gasteiger partial charge >= 0.3 is 5.97 Å². The van der Waals surface area contributed by atoms with Crippen LogP contribution in [0.3, 0.4) is 0 Å². The van der Waals surface area contributed by atoms with E-state index in [1.807, 2.05) is 0 Å². The minimum absolute atomic E-state index is 0.300. The smallest absolute Gasteiger partial charge is 0.330 e. The van der Waals surface area contributed by atoms with Gasteiger partial charge in [-0.25, -0.2) is 4.79 Å². The molecule has 1 aliphatic carbocycles. The van der Waals surface area contributed by atoms with Crippen molar-refractivity contribution in [1.29, 1.82) is 0 Å². The lowest BCUT2D eigenvalue weighted by atomic mass is 9.68. The molecule has 17 heavy (non-hydrogen) atoms. The average Bonchev–Trinajstić information content (AvgIpc) is 3.13. The minimum Gasteiger partial charge on any atom is -0.455 e. The second-order valence-electron chi connectivity index (χ2n) is 5.46. The summed E-state index contributed by atoms with van der Waals surface area (Å²) in [5, 5.41) is 0. The molecule has 3 heteroatoms. The number of esters is 1. The number of hydrogen-bond donors (Lipinski definition) is 0. The molecule has 1 saturated carbocycles. The van der Waals surface area contributed by atoms with Crippen LogP contribution < -0.4 is 0 Å². The predicted octanol–water partition coefficient (Wildman–Crippen LogP) is 2.70. The molecular weight excluding hydrogens is 216 g/mol. The molecule has 0 N–H and O–H groups in total. The summed E-state index contributed by atoms with van der Waals surface area (Å²) in [7, 11) is 0. The summed E-state index contributed by atoms with van der Waals surface area (Å²) in [5.74, 6) is 0.382. The molecule has 0 radical (unpaired) electrons. The Balaban J connectivity index is 2.21. The molecular formula is C14H22O3. The zero-order valence-electron chi connectivity index (χ0n) is 10.8. The van der Waals surface area contributed by atoms with Crippen LogP contribution in [-0.2, 0) is 14.3 Å². The van der Waals surface area contributed by atoms with Gasteiger partial charge < -0.3 is 9.47 Å². The molecule has 1 aliphatic heterocycles. The fourth-order valence-corrected chi connectivity index (χ4v) is 3.17. The van der Waals surface area contributed by atoms with Crippen molar-refractivity contribution in [2.75, 3.05) is 6.61 Å². The Bertz CT molecular complexity index is 307. The van der Waals surface area contributed by atoms with Crippen LogP contribution >= 0.6 is 0 Å². The standard InChI is InChI=1S/C14H22O3/c1-4-13(15)17-14(10(2)3)8-6-5-7-11(14)12-9-16-12/h4,10-12H,1,5-9H2,2-3H3. The van der Waals surface area contributed by atoms with Crippen LogP contribution in [-0.4, -0.2) is 24.3 Å². The molecule has 3 unspecified atom stereocenters. The van der Waals surface area contributed by atoms with Crippen LogP contribution in [0.15, 0.2) is 12.7 Å². The highest BCUT2D eigenvalue weighted by Crippen LogP contribution is 2.47. The Morgan fingerprint density at radius 2 is 2.24 bits per heavy atom. The molecule has 0 bridgehead atoms. The van der Waals surface area contributed by atoms with Crippen molar-refractivity contribution in [3.63, 3.8) is 0 Å². The van der Waals surface area contributed by atoms with Gasteiger partial charge in [-0.15, -0.1) is 0 Å². The van der Waals surface area contributed by atoms with Gasteiger partial charge in [-0.1, -0.05) is 26.8 Å². The maximum absolute atomic E-state index is 11.6. The van der Waals surface area contributed by atoms with E-state index in [1.165, 1.54) is 12.5 Å². The van der Waals surface area contributed by atoms with E-state index >= 15 is 0 Å². The molecule has 2 rings (SSSR count). The summed E-state index contributed by atoms with van der Waals surface area (Å²) in [6, 6.07) is 0. The van der Waals surface area contributed by atoms with E-state index in [9.17, 15) is 4.79 Å². The number of epoxide rings is 1. The van der Waals surface area contributed by atoms with Crippen molar-refractivity contribution >= 4 is 5.97 Å². The first kappa shape index (κ1) is 12.6. The number of carbonyl (C=O) groups excluding carboxylic acids is 1. The highest BCUT2D eigenvalue weighted by molar-refractivity contribution is 5.81. The maximum Gasteiger partial charge on any atom is 0.330 e. The molecule has 3 nitrogen and oxygen atoms in total. The summed E-state index contributed by atoms with van der Waals surface area (Å²) in [6.07, 6.45) is 5.97. The van der Waals surface area contributed by atoms with Crippen LogP contribution in [0.4, 0.5) is 0 Å². The van der Waals surface area contributed by atoms with Crippen LogP contribution in [0.5, 0.6) is 0 Å². The molecule has 0 amide bonds. The quantitative estimate of drug-likeness (QED) is 0.429. The van der Waals surface area contributed by atoms with Crippen LogP contribution in [0, 0.1) is 11.8 Å². The Hall–Kier alpha value is -0.830. The first-order chi connectivity index (χ1) is 8.10. The first-order valence-electron chi connectivity index (χ1n) is 6.57. The van der Waals surface area contributed by atoms with Crippen LogP contribution in [0.1, 0.15) is 39.5 Å². The lowest BCUT2D eigenvalue weighted by Gasteiger charge is -2.45.